The molecular weight excluding hydrogens is 312 g/mol. The third-order valence-electron chi connectivity index (χ3n) is 2.38. The summed E-state index contributed by atoms with van der Waals surface area (Å²) < 4.78 is 6.85. The smallest absolute Gasteiger partial charge is 0.145 e. The summed E-state index contributed by atoms with van der Waals surface area (Å²) in [6.07, 6.45) is -0.158. The monoisotopic (exact) mass is 322 g/mol. The lowest BCUT2D eigenvalue weighted by atomic mass is 10.2. The second-order valence-electron chi connectivity index (χ2n) is 3.65. The van der Waals surface area contributed by atoms with Crippen molar-refractivity contribution in [3.05, 3.63) is 50.6 Å². The van der Waals surface area contributed by atoms with E-state index in [0.29, 0.717) is 17.9 Å². The molecule has 2 aromatic rings. The van der Waals surface area contributed by atoms with E-state index in [9.17, 15) is 0 Å². The first kappa shape index (κ1) is 13.1. The van der Waals surface area contributed by atoms with Crippen molar-refractivity contribution in [2.45, 2.75) is 6.10 Å². The topological polar surface area (TPSA) is 59.0 Å². The van der Waals surface area contributed by atoms with Crippen LogP contribution in [0.3, 0.4) is 0 Å². The van der Waals surface area contributed by atoms with Crippen molar-refractivity contribution in [3.63, 3.8) is 0 Å². The van der Waals surface area contributed by atoms with Gasteiger partial charge in [0.05, 0.1) is 11.6 Å². The third-order valence-corrected chi connectivity index (χ3v) is 4.17. The molecule has 1 aromatic heterocycles. The molecule has 1 unspecified atom stereocenters. The predicted octanol–water partition coefficient (Wildman–Crippen LogP) is 3.46. The molecule has 1 atom stereocenters. The number of nitrogens with zero attached hydrogens (tertiary/aromatic N) is 1. The lowest BCUT2D eigenvalue weighted by Crippen LogP contribution is -2.17. The second-order valence-corrected chi connectivity index (χ2v) is 5.50. The van der Waals surface area contributed by atoms with Crippen molar-refractivity contribution in [2.75, 3.05) is 6.54 Å². The zero-order chi connectivity index (χ0) is 13.0. The Hall–Kier alpha value is -1.35. The van der Waals surface area contributed by atoms with E-state index in [-0.39, 0.29) is 6.10 Å². The van der Waals surface area contributed by atoms with Crippen LogP contribution in [-0.4, -0.2) is 6.54 Å². The first-order valence-corrected chi connectivity index (χ1v) is 7.01. The summed E-state index contributed by atoms with van der Waals surface area (Å²) in [5.41, 5.74) is 6.35. The molecule has 0 saturated carbocycles. The molecule has 1 aromatic carbocycles. The van der Waals surface area contributed by atoms with Crippen LogP contribution in [0.25, 0.3) is 0 Å². The number of halogens is 1. The molecular formula is C13H11BrN2OS. The number of hydrogen-bond donors (Lipinski definition) is 1. The first-order chi connectivity index (χ1) is 8.72. The summed E-state index contributed by atoms with van der Waals surface area (Å²) in [5, 5.41) is 10.7. The number of nitrogens with two attached hydrogens (primary N) is 1. The fourth-order valence-electron chi connectivity index (χ4n) is 1.49. The highest BCUT2D eigenvalue weighted by atomic mass is 79.9. The van der Waals surface area contributed by atoms with Crippen LogP contribution in [0.15, 0.2) is 40.2 Å². The summed E-state index contributed by atoms with van der Waals surface area (Å²) >= 11 is 5.02. The Kier molecular flexibility index (Phi) is 4.37. The molecule has 92 valence electrons. The lowest BCUT2D eigenvalue weighted by molar-refractivity contribution is 0.218. The minimum atomic E-state index is -0.158. The zero-order valence-electron chi connectivity index (χ0n) is 9.47. The van der Waals surface area contributed by atoms with Crippen molar-refractivity contribution in [1.29, 1.82) is 5.26 Å². The maximum atomic E-state index is 8.72. The van der Waals surface area contributed by atoms with Gasteiger partial charge in [-0.25, -0.2) is 0 Å². The summed E-state index contributed by atoms with van der Waals surface area (Å²) in [7, 11) is 0. The van der Waals surface area contributed by atoms with Crippen LogP contribution in [0.4, 0.5) is 0 Å². The van der Waals surface area contributed by atoms with Gasteiger partial charge in [-0.3, -0.25) is 0 Å². The van der Waals surface area contributed by atoms with Gasteiger partial charge >= 0.3 is 0 Å². The number of thiophene rings is 1. The van der Waals surface area contributed by atoms with Crippen LogP contribution in [0.1, 0.15) is 16.5 Å². The number of ether oxygens (including phenoxy) is 1. The normalized spacial score (nSPS) is 11.8. The maximum Gasteiger partial charge on any atom is 0.145 e. The van der Waals surface area contributed by atoms with Gasteiger partial charge in [-0.2, -0.15) is 5.26 Å². The van der Waals surface area contributed by atoms with Crippen LogP contribution >= 0.6 is 27.3 Å². The molecule has 0 bridgehead atoms. The number of benzene rings is 1. The standard InChI is InChI=1S/C13H11BrN2OS/c14-10-5-13(18-8-10)12(7-16)17-11-3-1-9(6-15)2-4-11/h1-5,8,12H,7,16H2. The fourth-order valence-corrected chi connectivity index (χ4v) is 2.98. The Labute approximate surface area is 118 Å². The van der Waals surface area contributed by atoms with Crippen molar-refractivity contribution in [3.8, 4) is 11.8 Å². The average molecular weight is 323 g/mol. The molecule has 0 amide bonds. The van der Waals surface area contributed by atoms with Crippen molar-refractivity contribution < 1.29 is 4.74 Å². The highest BCUT2D eigenvalue weighted by molar-refractivity contribution is 9.10. The molecule has 0 saturated heterocycles. The molecule has 0 aliphatic rings. The molecule has 5 heteroatoms. The van der Waals surface area contributed by atoms with Gasteiger partial charge in [0.2, 0.25) is 0 Å². The minimum absolute atomic E-state index is 0.158. The second kappa shape index (κ2) is 6.01. The Morgan fingerprint density at radius 1 is 1.39 bits per heavy atom. The predicted molar refractivity (Wildman–Crippen MR) is 75.6 cm³/mol. The van der Waals surface area contributed by atoms with Gasteiger partial charge in [-0.05, 0) is 46.3 Å². The Balaban J connectivity index is 2.13. The van der Waals surface area contributed by atoms with Gasteiger partial charge < -0.3 is 10.5 Å². The zero-order valence-corrected chi connectivity index (χ0v) is 11.9. The van der Waals surface area contributed by atoms with E-state index in [0.717, 1.165) is 9.35 Å². The maximum absolute atomic E-state index is 8.72. The Bertz CT molecular complexity index is 559. The molecule has 2 rings (SSSR count). The Morgan fingerprint density at radius 2 is 2.11 bits per heavy atom. The van der Waals surface area contributed by atoms with Crippen molar-refractivity contribution >= 4 is 27.3 Å². The lowest BCUT2D eigenvalue weighted by Gasteiger charge is -2.15. The fraction of sp³-hybridized carbons (Fsp3) is 0.154. The van der Waals surface area contributed by atoms with E-state index >= 15 is 0 Å². The molecule has 0 aliphatic heterocycles. The number of rotatable bonds is 4. The molecule has 0 fully saturated rings. The average Bonchev–Trinajstić information content (AvgIpc) is 2.83. The van der Waals surface area contributed by atoms with Gasteiger partial charge in [0.15, 0.2) is 0 Å². The van der Waals surface area contributed by atoms with Crippen LogP contribution in [0.2, 0.25) is 0 Å². The molecule has 0 aliphatic carbocycles. The summed E-state index contributed by atoms with van der Waals surface area (Å²) in [4.78, 5) is 1.08. The molecule has 3 nitrogen and oxygen atoms in total. The van der Waals surface area contributed by atoms with E-state index < -0.39 is 0 Å². The van der Waals surface area contributed by atoms with Crippen LogP contribution < -0.4 is 10.5 Å². The molecule has 18 heavy (non-hydrogen) atoms. The third kappa shape index (κ3) is 3.10. The minimum Gasteiger partial charge on any atom is -0.484 e. The molecule has 0 spiro atoms. The van der Waals surface area contributed by atoms with Gasteiger partial charge in [-0.15, -0.1) is 11.3 Å². The largest absolute Gasteiger partial charge is 0.484 e. The van der Waals surface area contributed by atoms with E-state index in [2.05, 4.69) is 22.0 Å². The summed E-state index contributed by atoms with van der Waals surface area (Å²) in [6.45, 7) is 0.410. The molecule has 2 N–H and O–H groups in total. The summed E-state index contributed by atoms with van der Waals surface area (Å²) in [5.74, 6) is 0.717. The molecule has 1 heterocycles. The Morgan fingerprint density at radius 3 is 2.61 bits per heavy atom. The van der Waals surface area contributed by atoms with Crippen molar-refractivity contribution in [2.24, 2.45) is 5.73 Å². The first-order valence-electron chi connectivity index (χ1n) is 5.33. The number of nitriles is 1. The van der Waals surface area contributed by atoms with Gasteiger partial charge in [0, 0.05) is 21.3 Å². The van der Waals surface area contributed by atoms with Crippen LogP contribution in [0, 0.1) is 11.3 Å². The molecule has 0 radical (unpaired) electrons. The van der Waals surface area contributed by atoms with Crippen LogP contribution in [0.5, 0.6) is 5.75 Å². The quantitative estimate of drug-likeness (QED) is 0.937. The van der Waals surface area contributed by atoms with E-state index in [1.54, 1.807) is 35.6 Å². The highest BCUT2D eigenvalue weighted by Gasteiger charge is 2.13. The van der Waals surface area contributed by atoms with E-state index in [1.165, 1.54) is 0 Å². The SMILES string of the molecule is N#Cc1ccc(OC(CN)c2cc(Br)cs2)cc1. The van der Waals surface area contributed by atoms with Gasteiger partial charge in [0.1, 0.15) is 11.9 Å². The van der Waals surface area contributed by atoms with Crippen LogP contribution in [-0.2, 0) is 0 Å². The summed E-state index contributed by atoms with van der Waals surface area (Å²) in [6, 6.07) is 11.1. The van der Waals surface area contributed by atoms with E-state index in [4.69, 9.17) is 15.7 Å². The number of hydrogen-bond acceptors (Lipinski definition) is 4. The highest BCUT2D eigenvalue weighted by Crippen LogP contribution is 2.28. The van der Waals surface area contributed by atoms with Gasteiger partial charge in [0.25, 0.3) is 0 Å². The van der Waals surface area contributed by atoms with Gasteiger partial charge in [-0.1, -0.05) is 0 Å². The van der Waals surface area contributed by atoms with E-state index in [1.807, 2.05) is 11.4 Å². The van der Waals surface area contributed by atoms with Crippen molar-refractivity contribution in [1.82, 2.24) is 0 Å².